The highest BCUT2D eigenvalue weighted by atomic mass is 28.3. The highest BCUT2D eigenvalue weighted by Crippen LogP contribution is 1.81. The molecular formula is C5H11O2Si. The molecule has 0 aromatic heterocycles. The summed E-state index contributed by atoms with van der Waals surface area (Å²) in [6, 6.07) is 0. The maximum atomic E-state index is 10.1. The Kier molecular flexibility index (Phi) is 3.52. The van der Waals surface area contributed by atoms with E-state index in [1.165, 1.54) is 6.92 Å². The van der Waals surface area contributed by atoms with E-state index in [1.54, 1.807) is 0 Å². The second-order valence-corrected chi connectivity index (χ2v) is 4.69. The lowest BCUT2D eigenvalue weighted by molar-refractivity contribution is -0.139. The van der Waals surface area contributed by atoms with E-state index in [0.29, 0.717) is 6.23 Å². The van der Waals surface area contributed by atoms with Gasteiger partial charge in [0, 0.05) is 6.92 Å². The molecule has 0 heterocycles. The average Bonchev–Trinajstić information content (AvgIpc) is 1.61. The highest BCUT2D eigenvalue weighted by molar-refractivity contribution is 6.55. The molecule has 0 aliphatic heterocycles. The Morgan fingerprint density at radius 3 is 2.25 bits per heavy atom. The van der Waals surface area contributed by atoms with Crippen molar-refractivity contribution in [3.8, 4) is 0 Å². The van der Waals surface area contributed by atoms with Crippen LogP contribution in [-0.4, -0.2) is 21.0 Å². The van der Waals surface area contributed by atoms with Crippen LogP contribution >= 0.6 is 0 Å². The summed E-state index contributed by atoms with van der Waals surface area (Å²) in [5.74, 6) is -0.170. The molecule has 3 heteroatoms. The van der Waals surface area contributed by atoms with Crippen molar-refractivity contribution in [1.82, 2.24) is 0 Å². The molecule has 0 aromatic carbocycles. The summed E-state index contributed by atoms with van der Waals surface area (Å²) in [4.78, 5) is 10.1. The first-order valence-corrected chi connectivity index (χ1v) is 5.26. The fourth-order valence-electron chi connectivity index (χ4n) is 0.246. The molecule has 8 heavy (non-hydrogen) atoms. The van der Waals surface area contributed by atoms with E-state index in [-0.39, 0.29) is 14.8 Å². The van der Waals surface area contributed by atoms with Crippen molar-refractivity contribution in [2.45, 2.75) is 20.0 Å². The zero-order chi connectivity index (χ0) is 6.57. The third-order valence-electron chi connectivity index (χ3n) is 0.564. The minimum absolute atomic E-state index is 0.170. The monoisotopic (exact) mass is 131 g/mol. The summed E-state index contributed by atoms with van der Waals surface area (Å²) >= 11 is 0. The van der Waals surface area contributed by atoms with E-state index in [9.17, 15) is 4.79 Å². The molecule has 0 unspecified atom stereocenters. The molecule has 0 aliphatic carbocycles. The molecule has 0 atom stereocenters. The van der Waals surface area contributed by atoms with Crippen LogP contribution in [0.2, 0.25) is 13.1 Å². The van der Waals surface area contributed by atoms with Crippen molar-refractivity contribution in [2.24, 2.45) is 0 Å². The predicted octanol–water partition coefficient (Wildman–Crippen LogP) is 0.843. The van der Waals surface area contributed by atoms with Crippen LogP contribution in [0.3, 0.4) is 0 Å². The number of rotatable bonds is 2. The van der Waals surface area contributed by atoms with Gasteiger partial charge in [0.05, 0.1) is 15.0 Å². The van der Waals surface area contributed by atoms with Crippen molar-refractivity contribution in [1.29, 1.82) is 0 Å². The molecular weight excluding hydrogens is 120 g/mol. The summed E-state index contributed by atoms with van der Waals surface area (Å²) < 4.78 is 4.71. The molecule has 0 bridgehead atoms. The van der Waals surface area contributed by atoms with Crippen LogP contribution in [-0.2, 0) is 9.53 Å². The van der Waals surface area contributed by atoms with E-state index < -0.39 is 0 Å². The quantitative estimate of drug-likeness (QED) is 0.410. The van der Waals surface area contributed by atoms with Gasteiger partial charge >= 0.3 is 5.97 Å². The Labute approximate surface area is 51.5 Å². The van der Waals surface area contributed by atoms with Crippen molar-refractivity contribution in [3.63, 3.8) is 0 Å². The lowest BCUT2D eigenvalue weighted by atomic mass is 10.8. The van der Waals surface area contributed by atoms with Crippen molar-refractivity contribution in [3.05, 3.63) is 0 Å². The maximum absolute atomic E-state index is 10.1. The van der Waals surface area contributed by atoms with Gasteiger partial charge in [0.2, 0.25) is 0 Å². The lowest BCUT2D eigenvalue weighted by Gasteiger charge is -2.00. The Bertz CT molecular complexity index is 80.5. The Hall–Kier alpha value is -0.313. The molecule has 0 saturated heterocycles. The van der Waals surface area contributed by atoms with Gasteiger partial charge in [-0.3, -0.25) is 4.79 Å². The molecule has 0 aliphatic rings. The largest absolute Gasteiger partial charge is 0.470 e. The Morgan fingerprint density at radius 1 is 1.62 bits per heavy atom. The number of esters is 1. The van der Waals surface area contributed by atoms with E-state index in [4.69, 9.17) is 4.74 Å². The number of hydrogen-bond acceptors (Lipinski definition) is 2. The predicted molar refractivity (Wildman–Crippen MR) is 34.1 cm³/mol. The van der Waals surface area contributed by atoms with E-state index in [0.717, 1.165) is 0 Å². The van der Waals surface area contributed by atoms with E-state index in [2.05, 4.69) is 13.1 Å². The third kappa shape index (κ3) is 5.69. The molecule has 0 rings (SSSR count). The molecule has 0 spiro atoms. The molecule has 0 N–H and O–H groups in total. The van der Waals surface area contributed by atoms with Crippen LogP contribution < -0.4 is 0 Å². The molecule has 47 valence electrons. The fraction of sp³-hybridized carbons (Fsp3) is 0.800. The van der Waals surface area contributed by atoms with Crippen LogP contribution in [0.5, 0.6) is 0 Å². The van der Waals surface area contributed by atoms with Gasteiger partial charge in [0.15, 0.2) is 0 Å². The standard InChI is InChI=1S/C5H11O2Si/c1-5(6)7-4-8(2)3/h4H2,1-3H3. The van der Waals surface area contributed by atoms with Gasteiger partial charge in [-0.05, 0) is 0 Å². The number of ether oxygens (including phenoxy) is 1. The topological polar surface area (TPSA) is 26.3 Å². The molecule has 0 saturated carbocycles. The molecule has 0 fully saturated rings. The summed E-state index contributed by atoms with van der Waals surface area (Å²) in [6.45, 7) is 5.64. The van der Waals surface area contributed by atoms with Crippen LogP contribution in [0.1, 0.15) is 6.92 Å². The Morgan fingerprint density at radius 2 is 2.12 bits per heavy atom. The van der Waals surface area contributed by atoms with Gasteiger partial charge in [-0.25, -0.2) is 0 Å². The third-order valence-corrected chi connectivity index (χ3v) is 1.29. The molecule has 1 radical (unpaired) electrons. The number of hydrogen-bond donors (Lipinski definition) is 0. The summed E-state index contributed by atoms with van der Waals surface area (Å²) in [6.07, 6.45) is 0.639. The maximum Gasteiger partial charge on any atom is 0.302 e. The fourth-order valence-corrected chi connectivity index (χ4v) is 0.738. The van der Waals surface area contributed by atoms with Gasteiger partial charge in [-0.15, -0.1) is 0 Å². The van der Waals surface area contributed by atoms with E-state index in [1.807, 2.05) is 0 Å². The van der Waals surface area contributed by atoms with Crippen molar-refractivity contribution >= 4 is 14.8 Å². The normalized spacial score (nSPS) is 9.50. The first-order valence-electron chi connectivity index (χ1n) is 2.55. The van der Waals surface area contributed by atoms with Crippen LogP contribution in [0.25, 0.3) is 0 Å². The molecule has 0 aromatic rings. The Balaban J connectivity index is 3.05. The van der Waals surface area contributed by atoms with Crippen molar-refractivity contribution < 1.29 is 9.53 Å². The second kappa shape index (κ2) is 3.66. The molecule has 0 amide bonds. The summed E-state index contributed by atoms with van der Waals surface area (Å²) in [7, 11) is -0.373. The highest BCUT2D eigenvalue weighted by Gasteiger charge is 1.96. The van der Waals surface area contributed by atoms with Gasteiger partial charge in [-0.2, -0.15) is 0 Å². The van der Waals surface area contributed by atoms with Crippen molar-refractivity contribution in [2.75, 3.05) is 6.23 Å². The molecule has 2 nitrogen and oxygen atoms in total. The summed E-state index contributed by atoms with van der Waals surface area (Å²) in [5, 5.41) is 0. The van der Waals surface area contributed by atoms with Crippen LogP contribution in [0.15, 0.2) is 0 Å². The second-order valence-electron chi connectivity index (χ2n) is 1.99. The minimum Gasteiger partial charge on any atom is -0.470 e. The zero-order valence-electron chi connectivity index (χ0n) is 5.52. The van der Waals surface area contributed by atoms with Gasteiger partial charge in [-0.1, -0.05) is 13.1 Å². The minimum atomic E-state index is -0.373. The SMILES string of the molecule is CC(=O)OC[Si](C)C. The van der Waals surface area contributed by atoms with E-state index >= 15 is 0 Å². The first-order chi connectivity index (χ1) is 3.63. The zero-order valence-corrected chi connectivity index (χ0v) is 6.52. The van der Waals surface area contributed by atoms with Gasteiger partial charge in [0.25, 0.3) is 0 Å². The number of carbonyl (C=O) groups is 1. The van der Waals surface area contributed by atoms with Crippen LogP contribution in [0, 0.1) is 0 Å². The van der Waals surface area contributed by atoms with Crippen LogP contribution in [0.4, 0.5) is 0 Å². The smallest absolute Gasteiger partial charge is 0.302 e. The van der Waals surface area contributed by atoms with Gasteiger partial charge in [0.1, 0.15) is 0 Å². The average molecular weight is 131 g/mol. The van der Waals surface area contributed by atoms with Gasteiger partial charge < -0.3 is 4.74 Å². The number of carbonyl (C=O) groups excluding carboxylic acids is 1. The lowest BCUT2D eigenvalue weighted by Crippen LogP contribution is -2.13. The summed E-state index contributed by atoms with van der Waals surface area (Å²) in [5.41, 5.74) is 0. The first kappa shape index (κ1) is 7.69.